The maximum absolute atomic E-state index is 14.4. The maximum Gasteiger partial charge on any atom is 0.141 e. The largest absolute Gasteiger partial charge is 0.327 e. The van der Waals surface area contributed by atoms with Gasteiger partial charge in [-0.05, 0) is 83.4 Å². The lowest BCUT2D eigenvalue weighted by Crippen LogP contribution is -2.43. The summed E-state index contributed by atoms with van der Waals surface area (Å²) in [7, 11) is 0. The average Bonchev–Trinajstić information content (AvgIpc) is 3.25. The molecule has 5 heteroatoms. The van der Waals surface area contributed by atoms with E-state index < -0.39 is 5.82 Å². The number of halogens is 1. The number of nitrogens with zero attached hydrogens (tertiary/aromatic N) is 2. The number of hydrogen-bond donors (Lipinski definition) is 1. The average molecular weight is 422 g/mol. The second-order valence-electron chi connectivity index (χ2n) is 9.25. The molecule has 0 amide bonds. The fourth-order valence-corrected chi connectivity index (χ4v) is 5.83. The Morgan fingerprint density at radius 3 is 2.77 bits per heavy atom. The molecule has 2 aromatic rings. The molecule has 2 aliphatic rings. The minimum Gasteiger partial charge on any atom is -0.327 e. The first-order chi connectivity index (χ1) is 14.4. The van der Waals surface area contributed by atoms with E-state index in [1.165, 1.54) is 17.2 Å². The molecular weight excluding hydrogens is 393 g/mol. The van der Waals surface area contributed by atoms with E-state index in [0.717, 1.165) is 43.2 Å². The summed E-state index contributed by atoms with van der Waals surface area (Å²) in [5.74, 6) is 0.128. The van der Waals surface area contributed by atoms with Gasteiger partial charge in [-0.25, -0.2) is 8.79 Å². The molecule has 3 nitrogen and oxygen atoms in total. The summed E-state index contributed by atoms with van der Waals surface area (Å²) in [5.41, 5.74) is 11.1. The van der Waals surface area contributed by atoms with Crippen LogP contribution in [0.15, 0.2) is 40.8 Å². The van der Waals surface area contributed by atoms with Crippen molar-refractivity contribution in [3.63, 3.8) is 0 Å². The number of hydrogen-bond acceptors (Lipinski definition) is 4. The van der Waals surface area contributed by atoms with Crippen LogP contribution in [0, 0.1) is 28.5 Å². The molecule has 0 bridgehead atoms. The lowest BCUT2D eigenvalue weighted by atomic mass is 9.67. The van der Waals surface area contributed by atoms with E-state index in [0.29, 0.717) is 5.92 Å². The van der Waals surface area contributed by atoms with E-state index >= 15 is 0 Å². The zero-order valence-corrected chi connectivity index (χ0v) is 18.4. The molecule has 30 heavy (non-hydrogen) atoms. The Morgan fingerprint density at radius 1 is 1.27 bits per heavy atom. The van der Waals surface area contributed by atoms with Crippen LogP contribution in [0.2, 0.25) is 0 Å². The lowest BCUT2D eigenvalue weighted by Gasteiger charge is -2.41. The SMILES string of the molecule is CC1(C)CC(Cc2cccc(-c3ccc(C#N)c(F)c3)c2C2CC=NS2)CCC1N. The Morgan fingerprint density at radius 2 is 2.10 bits per heavy atom. The first-order valence-corrected chi connectivity index (χ1v) is 11.5. The number of benzene rings is 2. The van der Waals surface area contributed by atoms with Gasteiger partial charge in [-0.3, -0.25) is 0 Å². The number of nitrogens with two attached hydrogens (primary N) is 1. The third-order valence-electron chi connectivity index (χ3n) is 6.71. The summed E-state index contributed by atoms with van der Waals surface area (Å²) in [4.78, 5) is 0. The minimum atomic E-state index is -0.468. The highest BCUT2D eigenvalue weighted by Gasteiger charge is 2.35. The molecule has 0 radical (unpaired) electrons. The molecule has 1 aliphatic carbocycles. The summed E-state index contributed by atoms with van der Waals surface area (Å²) in [6.07, 6.45) is 7.20. The molecule has 1 heterocycles. The van der Waals surface area contributed by atoms with Gasteiger partial charge in [0.1, 0.15) is 11.9 Å². The van der Waals surface area contributed by atoms with Crippen LogP contribution in [-0.2, 0) is 6.42 Å². The lowest BCUT2D eigenvalue weighted by molar-refractivity contribution is 0.147. The second kappa shape index (κ2) is 8.53. The summed E-state index contributed by atoms with van der Waals surface area (Å²) in [6, 6.07) is 13.5. The topological polar surface area (TPSA) is 62.2 Å². The van der Waals surface area contributed by atoms with Gasteiger partial charge in [0.25, 0.3) is 0 Å². The van der Waals surface area contributed by atoms with Crippen molar-refractivity contribution in [2.75, 3.05) is 0 Å². The molecule has 0 spiro atoms. The number of nitriles is 1. The van der Waals surface area contributed by atoms with Gasteiger partial charge in [-0.15, -0.1) is 0 Å². The predicted molar refractivity (Wildman–Crippen MR) is 123 cm³/mol. The molecule has 0 aromatic heterocycles. The normalized spacial score (nSPS) is 25.2. The highest BCUT2D eigenvalue weighted by atomic mass is 32.2. The van der Waals surface area contributed by atoms with Crippen LogP contribution in [0.4, 0.5) is 4.39 Å². The molecule has 1 saturated carbocycles. The van der Waals surface area contributed by atoms with Gasteiger partial charge < -0.3 is 5.73 Å². The molecule has 1 fully saturated rings. The molecule has 2 aromatic carbocycles. The van der Waals surface area contributed by atoms with Gasteiger partial charge in [0.2, 0.25) is 0 Å². The fourth-order valence-electron chi connectivity index (χ4n) is 4.95. The van der Waals surface area contributed by atoms with Crippen molar-refractivity contribution in [2.45, 2.75) is 57.2 Å². The Labute approximate surface area is 182 Å². The minimum absolute atomic E-state index is 0.0794. The Balaban J connectivity index is 1.72. The number of rotatable bonds is 4. The molecular formula is C25H28FN3S. The van der Waals surface area contributed by atoms with Crippen LogP contribution in [0.5, 0.6) is 0 Å². The molecule has 3 atom stereocenters. The van der Waals surface area contributed by atoms with E-state index in [9.17, 15) is 4.39 Å². The van der Waals surface area contributed by atoms with Gasteiger partial charge in [0.05, 0.1) is 10.8 Å². The van der Waals surface area contributed by atoms with Gasteiger partial charge in [-0.2, -0.15) is 5.26 Å². The highest BCUT2D eigenvalue weighted by Crippen LogP contribution is 2.45. The monoisotopic (exact) mass is 421 g/mol. The van der Waals surface area contributed by atoms with Crippen molar-refractivity contribution < 1.29 is 4.39 Å². The Kier molecular flexibility index (Phi) is 5.99. The molecule has 0 saturated heterocycles. The summed E-state index contributed by atoms with van der Waals surface area (Å²) < 4.78 is 18.8. The summed E-state index contributed by atoms with van der Waals surface area (Å²) in [5, 5.41) is 9.32. The smallest absolute Gasteiger partial charge is 0.141 e. The van der Waals surface area contributed by atoms with Gasteiger partial charge in [-0.1, -0.05) is 38.1 Å². The first-order valence-electron chi connectivity index (χ1n) is 10.6. The fraction of sp³-hybridized carbons (Fsp3) is 0.440. The summed E-state index contributed by atoms with van der Waals surface area (Å²) >= 11 is 1.60. The van der Waals surface area contributed by atoms with Crippen LogP contribution < -0.4 is 5.73 Å². The first kappa shape index (κ1) is 21.1. The van der Waals surface area contributed by atoms with E-state index in [-0.39, 0.29) is 22.3 Å². The quantitative estimate of drug-likeness (QED) is 0.596. The molecule has 3 unspecified atom stereocenters. The standard InChI is InChI=1S/C25H28FN3S/c1-25(2)14-16(6-9-23(25)28)12-18-4-3-5-20(24(18)22-10-11-29-30-22)17-7-8-19(15-27)21(26)13-17/h3-5,7-8,11,13,16,22-23H,6,9-10,12,14,28H2,1-2H3. The van der Waals surface area contributed by atoms with Crippen molar-refractivity contribution in [1.82, 2.24) is 0 Å². The molecule has 1 aliphatic heterocycles. The second-order valence-corrected chi connectivity index (χ2v) is 10.2. The van der Waals surface area contributed by atoms with Crippen LogP contribution in [0.1, 0.15) is 61.5 Å². The molecule has 2 N–H and O–H groups in total. The zero-order valence-electron chi connectivity index (χ0n) is 17.6. The van der Waals surface area contributed by atoms with Crippen LogP contribution in [-0.4, -0.2) is 12.3 Å². The highest BCUT2D eigenvalue weighted by molar-refractivity contribution is 7.98. The van der Waals surface area contributed by atoms with E-state index in [1.54, 1.807) is 18.0 Å². The summed E-state index contributed by atoms with van der Waals surface area (Å²) in [6.45, 7) is 4.56. The Bertz CT molecular complexity index is 1000. The van der Waals surface area contributed by atoms with Crippen molar-refractivity contribution in [3.05, 3.63) is 58.9 Å². The van der Waals surface area contributed by atoms with Crippen molar-refractivity contribution in [1.29, 1.82) is 5.26 Å². The van der Waals surface area contributed by atoms with Gasteiger partial charge >= 0.3 is 0 Å². The molecule has 156 valence electrons. The third kappa shape index (κ3) is 4.17. The predicted octanol–water partition coefficient (Wildman–Crippen LogP) is 6.22. The van der Waals surface area contributed by atoms with Crippen molar-refractivity contribution in [3.8, 4) is 17.2 Å². The third-order valence-corrected chi connectivity index (χ3v) is 7.67. The van der Waals surface area contributed by atoms with E-state index in [2.05, 4.69) is 36.4 Å². The zero-order chi connectivity index (χ0) is 21.3. The van der Waals surface area contributed by atoms with Crippen LogP contribution in [0.3, 0.4) is 0 Å². The van der Waals surface area contributed by atoms with Crippen LogP contribution >= 0.6 is 11.9 Å². The molecule has 4 rings (SSSR count). The van der Waals surface area contributed by atoms with Gasteiger partial charge in [0, 0.05) is 18.7 Å². The van der Waals surface area contributed by atoms with E-state index in [4.69, 9.17) is 11.0 Å². The maximum atomic E-state index is 14.4. The van der Waals surface area contributed by atoms with E-state index in [1.807, 2.05) is 18.4 Å². The van der Waals surface area contributed by atoms with Gasteiger partial charge in [0.15, 0.2) is 0 Å². The Hall–Kier alpha value is -2.16. The van der Waals surface area contributed by atoms with Crippen LogP contribution in [0.25, 0.3) is 11.1 Å². The van der Waals surface area contributed by atoms with Crippen molar-refractivity contribution in [2.24, 2.45) is 21.5 Å². The van der Waals surface area contributed by atoms with Crippen molar-refractivity contribution >= 4 is 18.2 Å².